The van der Waals surface area contributed by atoms with Crippen molar-refractivity contribution in [3.8, 4) is 6.07 Å². The number of imidazole rings is 1. The zero-order valence-corrected chi connectivity index (χ0v) is 14.7. The fraction of sp³-hybridized carbons (Fsp3) is 0.111. The van der Waals surface area contributed by atoms with Crippen molar-refractivity contribution in [1.29, 1.82) is 5.26 Å². The van der Waals surface area contributed by atoms with Crippen molar-refractivity contribution >= 4 is 44.3 Å². The average molecular weight is 385 g/mol. The van der Waals surface area contributed by atoms with E-state index in [1.165, 1.54) is 12.1 Å². The van der Waals surface area contributed by atoms with Crippen molar-refractivity contribution in [3.05, 3.63) is 58.1 Å². The molecule has 1 heterocycles. The van der Waals surface area contributed by atoms with Crippen molar-refractivity contribution in [2.75, 3.05) is 19.0 Å². The smallest absolute Gasteiger partial charge is 0.149 e. The Kier molecular flexibility index (Phi) is 4.36. The number of aromatic amines is 1. The van der Waals surface area contributed by atoms with Crippen molar-refractivity contribution in [3.63, 3.8) is 0 Å². The number of nitriles is 1. The van der Waals surface area contributed by atoms with Gasteiger partial charge in [-0.1, -0.05) is 6.07 Å². The summed E-state index contributed by atoms with van der Waals surface area (Å²) in [5, 5.41) is 9.46. The van der Waals surface area contributed by atoms with Crippen LogP contribution in [-0.4, -0.2) is 24.1 Å². The quantitative estimate of drug-likeness (QED) is 0.671. The van der Waals surface area contributed by atoms with Crippen LogP contribution in [0.15, 0.2) is 40.9 Å². The van der Waals surface area contributed by atoms with Gasteiger partial charge in [0.05, 0.1) is 22.3 Å². The third-order valence-corrected chi connectivity index (χ3v) is 4.22. The molecule has 1 aromatic heterocycles. The van der Waals surface area contributed by atoms with Gasteiger partial charge in [0.15, 0.2) is 0 Å². The summed E-state index contributed by atoms with van der Waals surface area (Å²) in [6.07, 6.45) is 1.75. The summed E-state index contributed by atoms with van der Waals surface area (Å²) in [5.74, 6) is 0.0781. The second-order valence-electron chi connectivity index (χ2n) is 5.52. The highest BCUT2D eigenvalue weighted by Crippen LogP contribution is 2.27. The van der Waals surface area contributed by atoms with Crippen LogP contribution in [0.4, 0.5) is 10.1 Å². The lowest BCUT2D eigenvalue weighted by molar-refractivity contribution is 0.629. The molecule has 0 atom stereocenters. The molecule has 3 aromatic rings. The maximum absolute atomic E-state index is 13.3. The fourth-order valence-corrected chi connectivity index (χ4v) is 3.16. The molecule has 3 rings (SSSR count). The first kappa shape index (κ1) is 16.2. The van der Waals surface area contributed by atoms with Gasteiger partial charge in [0.1, 0.15) is 17.7 Å². The van der Waals surface area contributed by atoms with Crippen LogP contribution < -0.4 is 4.90 Å². The highest BCUT2D eigenvalue weighted by molar-refractivity contribution is 9.10. The number of nitrogens with one attached hydrogen (secondary N) is 1. The second kappa shape index (κ2) is 6.46. The Morgan fingerprint density at radius 2 is 2.08 bits per heavy atom. The summed E-state index contributed by atoms with van der Waals surface area (Å²) < 4.78 is 14.2. The predicted octanol–water partition coefficient (Wildman–Crippen LogP) is 4.59. The summed E-state index contributed by atoms with van der Waals surface area (Å²) >= 11 is 3.53. The van der Waals surface area contributed by atoms with Gasteiger partial charge in [-0.15, -0.1) is 0 Å². The van der Waals surface area contributed by atoms with E-state index < -0.39 is 0 Å². The van der Waals surface area contributed by atoms with Crippen LogP contribution in [0.25, 0.3) is 22.7 Å². The molecule has 0 radical (unpaired) electrons. The number of fused-ring (bicyclic) bond motifs is 1. The van der Waals surface area contributed by atoms with E-state index in [0.717, 1.165) is 15.7 Å². The molecule has 0 aliphatic rings. The molecule has 0 aliphatic carbocycles. The topological polar surface area (TPSA) is 55.7 Å². The lowest BCUT2D eigenvalue weighted by atomic mass is 10.1. The van der Waals surface area contributed by atoms with Gasteiger partial charge in [-0.3, -0.25) is 0 Å². The Morgan fingerprint density at radius 3 is 2.75 bits per heavy atom. The van der Waals surface area contributed by atoms with E-state index in [-0.39, 0.29) is 5.82 Å². The lowest BCUT2D eigenvalue weighted by Crippen LogP contribution is -2.09. The van der Waals surface area contributed by atoms with Gasteiger partial charge in [-0.2, -0.15) is 5.26 Å². The normalized spacial score (nSPS) is 11.5. The van der Waals surface area contributed by atoms with Crippen molar-refractivity contribution in [1.82, 2.24) is 9.97 Å². The molecule has 2 aromatic carbocycles. The molecule has 0 fully saturated rings. The van der Waals surface area contributed by atoms with E-state index in [2.05, 4.69) is 32.0 Å². The molecule has 4 nitrogen and oxygen atoms in total. The molecule has 1 N–H and O–H groups in total. The second-order valence-corrected chi connectivity index (χ2v) is 6.38. The Hall–Kier alpha value is -2.65. The highest BCUT2D eigenvalue weighted by atomic mass is 79.9. The third kappa shape index (κ3) is 3.17. The number of hydrogen-bond donors (Lipinski definition) is 1. The molecular weight excluding hydrogens is 371 g/mol. The molecule has 0 bridgehead atoms. The minimum atomic E-state index is -0.344. The largest absolute Gasteiger partial charge is 0.377 e. The molecule has 0 aliphatic heterocycles. The number of hydrogen-bond acceptors (Lipinski definition) is 3. The first-order valence-electron chi connectivity index (χ1n) is 7.22. The highest BCUT2D eigenvalue weighted by Gasteiger charge is 2.09. The Bertz CT molecular complexity index is 982. The molecular formula is C18H14BrFN4. The van der Waals surface area contributed by atoms with Crippen LogP contribution >= 0.6 is 15.9 Å². The number of benzene rings is 2. The van der Waals surface area contributed by atoms with E-state index in [4.69, 9.17) is 0 Å². The lowest BCUT2D eigenvalue weighted by Gasteiger charge is -2.14. The number of allylic oxidation sites excluding steroid dienone is 1. The molecule has 0 spiro atoms. The van der Waals surface area contributed by atoms with Gasteiger partial charge in [0, 0.05) is 18.6 Å². The first-order chi connectivity index (χ1) is 11.5. The van der Waals surface area contributed by atoms with E-state index in [1.54, 1.807) is 12.1 Å². The van der Waals surface area contributed by atoms with E-state index in [1.807, 2.05) is 37.2 Å². The molecule has 120 valence electrons. The summed E-state index contributed by atoms with van der Waals surface area (Å²) in [4.78, 5) is 9.34. The Balaban J connectivity index is 2.02. The standard InChI is InChI=1S/C18H14BrFN4/c1-24(2)17-6-3-11(8-14(17)19)7-12(10-21)18-22-15-5-4-13(20)9-16(15)23-18/h3-9H,1-2H3,(H,22,23)/b12-7-. The number of anilines is 1. The van der Waals surface area contributed by atoms with E-state index >= 15 is 0 Å². The van der Waals surface area contributed by atoms with Crippen LogP contribution in [0.1, 0.15) is 11.4 Å². The van der Waals surface area contributed by atoms with Crippen LogP contribution in [0.2, 0.25) is 0 Å². The third-order valence-electron chi connectivity index (χ3n) is 3.58. The van der Waals surface area contributed by atoms with Gasteiger partial charge in [-0.25, -0.2) is 9.37 Å². The van der Waals surface area contributed by atoms with Gasteiger partial charge in [-0.05, 0) is 57.9 Å². The summed E-state index contributed by atoms with van der Waals surface area (Å²) in [6.45, 7) is 0. The maximum Gasteiger partial charge on any atom is 0.149 e. The van der Waals surface area contributed by atoms with Crippen LogP contribution in [0.5, 0.6) is 0 Å². The SMILES string of the molecule is CN(C)c1ccc(/C=C(/C#N)c2nc3ccc(F)cc3[nH]2)cc1Br. The van der Waals surface area contributed by atoms with Crippen LogP contribution in [-0.2, 0) is 0 Å². The van der Waals surface area contributed by atoms with Crippen LogP contribution in [0, 0.1) is 17.1 Å². The molecule has 0 amide bonds. The summed E-state index contributed by atoms with van der Waals surface area (Å²) in [7, 11) is 3.92. The van der Waals surface area contributed by atoms with Crippen molar-refractivity contribution in [2.24, 2.45) is 0 Å². The number of H-pyrrole nitrogens is 1. The zero-order chi connectivity index (χ0) is 17.3. The van der Waals surface area contributed by atoms with Crippen LogP contribution in [0.3, 0.4) is 0 Å². The van der Waals surface area contributed by atoms with Crippen molar-refractivity contribution in [2.45, 2.75) is 0 Å². The molecule has 0 saturated carbocycles. The molecule has 0 saturated heterocycles. The Morgan fingerprint density at radius 1 is 1.29 bits per heavy atom. The average Bonchev–Trinajstić information content (AvgIpc) is 2.95. The monoisotopic (exact) mass is 384 g/mol. The van der Waals surface area contributed by atoms with Gasteiger partial charge < -0.3 is 9.88 Å². The fourth-order valence-electron chi connectivity index (χ4n) is 2.41. The van der Waals surface area contributed by atoms with Gasteiger partial charge in [0.2, 0.25) is 0 Å². The number of nitrogens with zero attached hydrogens (tertiary/aromatic N) is 3. The van der Waals surface area contributed by atoms with E-state index in [0.29, 0.717) is 22.4 Å². The molecule has 0 unspecified atom stereocenters. The maximum atomic E-state index is 13.3. The van der Waals surface area contributed by atoms with Crippen molar-refractivity contribution < 1.29 is 4.39 Å². The molecule has 6 heteroatoms. The summed E-state index contributed by atoms with van der Waals surface area (Å²) in [5.41, 5.74) is 3.49. The first-order valence-corrected chi connectivity index (χ1v) is 8.01. The molecule has 24 heavy (non-hydrogen) atoms. The van der Waals surface area contributed by atoms with Gasteiger partial charge in [0.25, 0.3) is 0 Å². The van der Waals surface area contributed by atoms with Gasteiger partial charge >= 0.3 is 0 Å². The predicted molar refractivity (Wildman–Crippen MR) is 98.0 cm³/mol. The van der Waals surface area contributed by atoms with E-state index in [9.17, 15) is 9.65 Å². The number of rotatable bonds is 3. The number of halogens is 2. The minimum Gasteiger partial charge on any atom is -0.377 e. The minimum absolute atomic E-state index is 0.344. The summed E-state index contributed by atoms with van der Waals surface area (Å²) in [6, 6.07) is 12.3. The number of aromatic nitrogens is 2. The Labute approximate surface area is 147 Å². The zero-order valence-electron chi connectivity index (χ0n) is 13.1.